The second-order valence-corrected chi connectivity index (χ2v) is 8.91. The maximum atomic E-state index is 11.5. The Labute approximate surface area is 188 Å². The first kappa shape index (κ1) is 20.6. The molecule has 2 aliphatic carbocycles. The van der Waals surface area contributed by atoms with E-state index in [-0.39, 0.29) is 10.6 Å². The molecule has 0 bridgehead atoms. The van der Waals surface area contributed by atoms with E-state index in [2.05, 4.69) is 17.4 Å². The number of benzene rings is 3. The predicted octanol–water partition coefficient (Wildman–Crippen LogP) is 7.14. The molecule has 1 fully saturated rings. The summed E-state index contributed by atoms with van der Waals surface area (Å²) in [7, 11) is 0. The van der Waals surface area contributed by atoms with E-state index in [4.69, 9.17) is 4.74 Å². The first-order chi connectivity index (χ1) is 15.7. The third-order valence-electron chi connectivity index (χ3n) is 6.94. The van der Waals surface area contributed by atoms with Crippen molar-refractivity contribution in [2.75, 3.05) is 5.32 Å². The van der Waals surface area contributed by atoms with Crippen LogP contribution in [0.5, 0.6) is 5.75 Å². The Morgan fingerprint density at radius 2 is 1.72 bits per heavy atom. The molecule has 5 nitrogen and oxygen atoms in total. The summed E-state index contributed by atoms with van der Waals surface area (Å²) in [5, 5.41) is 14.8. The molecule has 5 rings (SSSR count). The zero-order chi connectivity index (χ0) is 21.9. The van der Waals surface area contributed by atoms with Gasteiger partial charge in [-0.2, -0.15) is 0 Å². The van der Waals surface area contributed by atoms with Gasteiger partial charge in [0.1, 0.15) is 18.0 Å². The van der Waals surface area contributed by atoms with Crippen molar-refractivity contribution < 1.29 is 9.66 Å². The highest BCUT2D eigenvalue weighted by molar-refractivity contribution is 5.74. The molecule has 0 radical (unpaired) electrons. The lowest BCUT2D eigenvalue weighted by atomic mass is 9.68. The van der Waals surface area contributed by atoms with Crippen LogP contribution in [0.25, 0.3) is 0 Å². The molecule has 2 unspecified atom stereocenters. The molecule has 5 heteroatoms. The molecule has 0 aromatic heterocycles. The Kier molecular flexibility index (Phi) is 5.80. The molecule has 2 atom stereocenters. The van der Waals surface area contributed by atoms with Gasteiger partial charge in [0.15, 0.2) is 0 Å². The Morgan fingerprint density at radius 3 is 2.56 bits per heavy atom. The summed E-state index contributed by atoms with van der Waals surface area (Å²) in [6.07, 6.45) is 7.48. The van der Waals surface area contributed by atoms with Gasteiger partial charge < -0.3 is 10.1 Å². The Bertz CT molecular complexity index is 1110. The summed E-state index contributed by atoms with van der Waals surface area (Å²) < 4.78 is 6.31. The van der Waals surface area contributed by atoms with Crippen LogP contribution in [0.2, 0.25) is 0 Å². The Balaban J connectivity index is 1.52. The molecule has 164 valence electrons. The van der Waals surface area contributed by atoms with E-state index >= 15 is 0 Å². The monoisotopic (exact) mass is 428 g/mol. The minimum atomic E-state index is -0.349. The third-order valence-corrected chi connectivity index (χ3v) is 6.94. The molecular formula is C27H28N2O3. The highest BCUT2D eigenvalue weighted by Gasteiger charge is 2.32. The predicted molar refractivity (Wildman–Crippen MR) is 127 cm³/mol. The number of hydrogen-bond acceptors (Lipinski definition) is 4. The van der Waals surface area contributed by atoms with Gasteiger partial charge in [0.2, 0.25) is 0 Å². The second kappa shape index (κ2) is 9.03. The van der Waals surface area contributed by atoms with Crippen molar-refractivity contribution in [3.8, 4) is 5.75 Å². The third kappa shape index (κ3) is 4.20. The molecule has 0 saturated heterocycles. The Morgan fingerprint density at radius 1 is 0.938 bits per heavy atom. The maximum absolute atomic E-state index is 11.5. The van der Waals surface area contributed by atoms with Crippen LogP contribution in [-0.2, 0) is 13.0 Å². The first-order valence-electron chi connectivity index (χ1n) is 11.5. The number of nitrogens with one attached hydrogen (secondary N) is 1. The smallest absolute Gasteiger partial charge is 0.292 e. The quantitative estimate of drug-likeness (QED) is 0.335. The number of fused-ring (bicyclic) bond motifs is 3. The number of para-hydroxylation sites is 2. The van der Waals surface area contributed by atoms with E-state index in [1.54, 1.807) is 12.1 Å². The summed E-state index contributed by atoms with van der Waals surface area (Å²) in [6, 6.07) is 21.2. The topological polar surface area (TPSA) is 64.4 Å². The van der Waals surface area contributed by atoms with Gasteiger partial charge in [0.05, 0.1) is 10.6 Å². The number of nitro benzene ring substituents is 1. The van der Waals surface area contributed by atoms with Crippen molar-refractivity contribution in [2.45, 2.75) is 51.0 Å². The average Bonchev–Trinajstić information content (AvgIpc) is 2.83. The molecule has 3 aromatic carbocycles. The van der Waals surface area contributed by atoms with Gasteiger partial charge in [-0.25, -0.2) is 0 Å². The van der Waals surface area contributed by atoms with E-state index in [0.29, 0.717) is 18.2 Å². The fourth-order valence-corrected chi connectivity index (χ4v) is 5.34. The number of ether oxygens (including phenoxy) is 1. The van der Waals surface area contributed by atoms with E-state index in [1.165, 1.54) is 49.3 Å². The zero-order valence-corrected chi connectivity index (χ0v) is 18.1. The molecule has 32 heavy (non-hydrogen) atoms. The summed E-state index contributed by atoms with van der Waals surface area (Å²) in [6.45, 7) is 0.458. The van der Waals surface area contributed by atoms with E-state index in [9.17, 15) is 10.1 Å². The number of rotatable bonds is 6. The lowest BCUT2D eigenvalue weighted by molar-refractivity contribution is -0.383. The molecule has 0 aliphatic heterocycles. The van der Waals surface area contributed by atoms with Crippen LogP contribution in [0, 0.1) is 16.0 Å². The van der Waals surface area contributed by atoms with Gasteiger partial charge in [0, 0.05) is 6.07 Å². The van der Waals surface area contributed by atoms with Crippen molar-refractivity contribution in [1.29, 1.82) is 0 Å². The summed E-state index contributed by atoms with van der Waals surface area (Å²) >= 11 is 0. The Hall–Kier alpha value is -3.34. The van der Waals surface area contributed by atoms with Crippen LogP contribution in [0.4, 0.5) is 17.1 Å². The largest absolute Gasteiger partial charge is 0.487 e. The van der Waals surface area contributed by atoms with Crippen LogP contribution in [0.15, 0.2) is 66.7 Å². The minimum absolute atomic E-state index is 0.0616. The summed E-state index contributed by atoms with van der Waals surface area (Å²) in [4.78, 5) is 11.2. The number of nitrogens with zero attached hydrogens (tertiary/aromatic N) is 1. The second-order valence-electron chi connectivity index (χ2n) is 8.91. The van der Waals surface area contributed by atoms with E-state index in [0.717, 1.165) is 29.3 Å². The van der Waals surface area contributed by atoms with Crippen LogP contribution in [0.3, 0.4) is 0 Å². The lowest BCUT2D eigenvalue weighted by Gasteiger charge is -2.37. The van der Waals surface area contributed by atoms with Crippen LogP contribution >= 0.6 is 0 Å². The molecule has 1 saturated carbocycles. The SMILES string of the molecule is O=[N+]([O-])c1ccccc1Nc1cc2c(cc1OCc1ccccc1)C1CCCCC1CC2. The number of hydrogen-bond donors (Lipinski definition) is 1. The molecule has 0 amide bonds. The van der Waals surface area contributed by atoms with E-state index < -0.39 is 0 Å². The van der Waals surface area contributed by atoms with Crippen LogP contribution in [-0.4, -0.2) is 4.92 Å². The van der Waals surface area contributed by atoms with Crippen molar-refractivity contribution in [3.05, 3.63) is 93.5 Å². The molecular weight excluding hydrogens is 400 g/mol. The lowest BCUT2D eigenvalue weighted by Crippen LogP contribution is -2.24. The van der Waals surface area contributed by atoms with Gasteiger partial charge >= 0.3 is 0 Å². The highest BCUT2D eigenvalue weighted by Crippen LogP contribution is 2.48. The molecule has 3 aromatic rings. The van der Waals surface area contributed by atoms with Gasteiger partial charge in [-0.05, 0) is 72.4 Å². The van der Waals surface area contributed by atoms with Crippen molar-refractivity contribution in [3.63, 3.8) is 0 Å². The normalized spacial score (nSPS) is 19.5. The van der Waals surface area contributed by atoms with Crippen LogP contribution in [0.1, 0.15) is 54.7 Å². The standard InChI is InChI=1S/C27H28N2O3/c30-29(31)26-13-7-6-12-24(26)28-25-16-21-15-14-20-10-4-5-11-22(20)23(21)17-27(25)32-18-19-8-2-1-3-9-19/h1-3,6-9,12-13,16-17,20,22,28H,4-5,10-11,14-15,18H2. The zero-order valence-electron chi connectivity index (χ0n) is 18.1. The number of nitro groups is 1. The highest BCUT2D eigenvalue weighted by atomic mass is 16.6. The summed E-state index contributed by atoms with van der Waals surface area (Å²) in [5.74, 6) is 2.14. The molecule has 1 N–H and O–H groups in total. The van der Waals surface area contributed by atoms with Gasteiger partial charge in [-0.3, -0.25) is 10.1 Å². The molecule has 0 heterocycles. The fraction of sp³-hybridized carbons (Fsp3) is 0.333. The fourth-order valence-electron chi connectivity index (χ4n) is 5.34. The number of anilines is 2. The first-order valence-corrected chi connectivity index (χ1v) is 11.5. The maximum Gasteiger partial charge on any atom is 0.292 e. The van der Waals surface area contributed by atoms with Crippen LogP contribution < -0.4 is 10.1 Å². The average molecular weight is 429 g/mol. The van der Waals surface area contributed by atoms with Crippen molar-refractivity contribution in [1.82, 2.24) is 0 Å². The van der Waals surface area contributed by atoms with Gasteiger partial charge in [0.25, 0.3) is 5.69 Å². The summed E-state index contributed by atoms with van der Waals surface area (Å²) in [5.41, 5.74) is 5.19. The van der Waals surface area contributed by atoms with E-state index in [1.807, 2.05) is 36.4 Å². The minimum Gasteiger partial charge on any atom is -0.487 e. The number of aryl methyl sites for hydroxylation is 1. The van der Waals surface area contributed by atoms with Crippen molar-refractivity contribution in [2.24, 2.45) is 5.92 Å². The van der Waals surface area contributed by atoms with Gasteiger partial charge in [-0.15, -0.1) is 0 Å². The molecule has 2 aliphatic rings. The van der Waals surface area contributed by atoms with Gasteiger partial charge in [-0.1, -0.05) is 55.3 Å². The molecule has 0 spiro atoms. The van der Waals surface area contributed by atoms with Crippen molar-refractivity contribution >= 4 is 17.1 Å².